The van der Waals surface area contributed by atoms with Crippen molar-refractivity contribution in [2.24, 2.45) is 0 Å². The lowest BCUT2D eigenvalue weighted by atomic mass is 9.83. The molecule has 0 aliphatic rings. The van der Waals surface area contributed by atoms with Gasteiger partial charge in [-0.25, -0.2) is 0 Å². The molecule has 98 valence electrons. The van der Waals surface area contributed by atoms with Gasteiger partial charge in [0.15, 0.2) is 0 Å². The van der Waals surface area contributed by atoms with Crippen LogP contribution in [0.3, 0.4) is 0 Å². The number of methoxy groups -OCH3 is 1. The van der Waals surface area contributed by atoms with Crippen molar-refractivity contribution in [3.05, 3.63) is 29.3 Å². The van der Waals surface area contributed by atoms with Gasteiger partial charge in [-0.1, -0.05) is 32.9 Å². The van der Waals surface area contributed by atoms with E-state index in [-0.39, 0.29) is 5.41 Å². The molecule has 0 saturated carbocycles. The number of aryl methyl sites for hydroxylation is 1. The summed E-state index contributed by atoms with van der Waals surface area (Å²) in [6, 6.07) is 8.43. The van der Waals surface area contributed by atoms with Crippen molar-refractivity contribution in [1.29, 1.82) is 5.26 Å². The van der Waals surface area contributed by atoms with Crippen LogP contribution in [0.1, 0.15) is 31.9 Å². The van der Waals surface area contributed by atoms with Gasteiger partial charge in [-0.15, -0.1) is 0 Å². The molecular weight excluding hydrogens is 224 g/mol. The largest absolute Gasteiger partial charge is 0.496 e. The van der Waals surface area contributed by atoms with Gasteiger partial charge in [0.05, 0.1) is 19.7 Å². The van der Waals surface area contributed by atoms with Crippen LogP contribution in [0.5, 0.6) is 5.75 Å². The molecule has 0 saturated heterocycles. The van der Waals surface area contributed by atoms with E-state index < -0.39 is 0 Å². The van der Waals surface area contributed by atoms with E-state index in [1.807, 2.05) is 6.07 Å². The average molecular weight is 246 g/mol. The average Bonchev–Trinajstić information content (AvgIpc) is 2.38. The molecule has 3 heteroatoms. The van der Waals surface area contributed by atoms with Crippen LogP contribution in [0.4, 0.5) is 0 Å². The highest BCUT2D eigenvalue weighted by molar-refractivity contribution is 5.40. The molecule has 0 amide bonds. The molecule has 1 rings (SSSR count). The zero-order chi connectivity index (χ0) is 13.6. The molecule has 0 atom stereocenters. The van der Waals surface area contributed by atoms with Gasteiger partial charge in [-0.3, -0.25) is 0 Å². The van der Waals surface area contributed by atoms with Crippen molar-refractivity contribution in [3.8, 4) is 11.8 Å². The first-order valence-electron chi connectivity index (χ1n) is 6.30. The fraction of sp³-hybridized carbons (Fsp3) is 0.533. The third-order valence-electron chi connectivity index (χ3n) is 3.21. The van der Waals surface area contributed by atoms with Gasteiger partial charge in [0, 0.05) is 12.0 Å². The lowest BCUT2D eigenvalue weighted by molar-refractivity contribution is 0.408. The third-order valence-corrected chi connectivity index (χ3v) is 3.21. The van der Waals surface area contributed by atoms with Crippen LogP contribution in [-0.2, 0) is 11.8 Å². The van der Waals surface area contributed by atoms with E-state index in [4.69, 9.17) is 10.00 Å². The van der Waals surface area contributed by atoms with Gasteiger partial charge >= 0.3 is 0 Å². The molecule has 0 aliphatic heterocycles. The second kappa shape index (κ2) is 6.42. The zero-order valence-corrected chi connectivity index (χ0v) is 11.7. The molecule has 1 aromatic carbocycles. The Morgan fingerprint density at radius 2 is 2.11 bits per heavy atom. The zero-order valence-electron chi connectivity index (χ0n) is 11.7. The predicted octanol–water partition coefficient (Wildman–Crippen LogP) is 2.65. The summed E-state index contributed by atoms with van der Waals surface area (Å²) in [5.41, 5.74) is 2.50. The molecule has 0 radical (unpaired) electrons. The van der Waals surface area contributed by atoms with Crippen LogP contribution in [0.25, 0.3) is 0 Å². The van der Waals surface area contributed by atoms with Crippen molar-refractivity contribution in [2.75, 3.05) is 20.2 Å². The van der Waals surface area contributed by atoms with Crippen LogP contribution < -0.4 is 10.1 Å². The number of nitriles is 1. The summed E-state index contributed by atoms with van der Waals surface area (Å²) in [6.07, 6.45) is 0.957. The minimum absolute atomic E-state index is 0.00699. The highest BCUT2D eigenvalue weighted by Gasteiger charge is 2.21. The van der Waals surface area contributed by atoms with Gasteiger partial charge in [0.25, 0.3) is 0 Å². The Bertz CT molecular complexity index is 433. The monoisotopic (exact) mass is 246 g/mol. The number of hydrogen-bond acceptors (Lipinski definition) is 3. The molecule has 0 unspecified atom stereocenters. The van der Waals surface area contributed by atoms with Crippen molar-refractivity contribution in [2.45, 2.75) is 32.6 Å². The summed E-state index contributed by atoms with van der Waals surface area (Å²) in [5.74, 6) is 0.946. The number of hydrogen-bond donors (Lipinski definition) is 1. The van der Waals surface area contributed by atoms with E-state index in [9.17, 15) is 0 Å². The van der Waals surface area contributed by atoms with Crippen molar-refractivity contribution < 1.29 is 4.74 Å². The van der Waals surface area contributed by atoms with E-state index in [1.165, 1.54) is 11.1 Å². The quantitative estimate of drug-likeness (QED) is 0.620. The summed E-state index contributed by atoms with van der Waals surface area (Å²) >= 11 is 0. The Balaban J connectivity index is 2.91. The minimum atomic E-state index is 0.00699. The summed E-state index contributed by atoms with van der Waals surface area (Å²) < 4.78 is 5.34. The number of nitrogens with zero attached hydrogens (tertiary/aromatic N) is 1. The van der Waals surface area contributed by atoms with Crippen LogP contribution in [0.15, 0.2) is 18.2 Å². The molecule has 0 bridgehead atoms. The van der Waals surface area contributed by atoms with E-state index in [2.05, 4.69) is 44.3 Å². The van der Waals surface area contributed by atoms with Crippen LogP contribution in [-0.4, -0.2) is 20.2 Å². The van der Waals surface area contributed by atoms with Crippen molar-refractivity contribution >= 4 is 0 Å². The Morgan fingerprint density at radius 1 is 1.39 bits per heavy atom. The van der Waals surface area contributed by atoms with Crippen LogP contribution in [0.2, 0.25) is 0 Å². The first kappa shape index (κ1) is 14.5. The van der Waals surface area contributed by atoms with Crippen LogP contribution >= 0.6 is 0 Å². The number of benzene rings is 1. The molecular formula is C15H22N2O. The molecule has 0 spiro atoms. The standard InChI is InChI=1S/C15H22N2O/c1-5-12-10-13(6-7-14(12)18-4)15(2,3)11-17-9-8-16/h6-7,10,17H,5,9,11H2,1-4H3. The predicted molar refractivity (Wildman–Crippen MR) is 73.9 cm³/mol. The van der Waals surface area contributed by atoms with Gasteiger partial charge in [0.2, 0.25) is 0 Å². The molecule has 0 aromatic heterocycles. The van der Waals surface area contributed by atoms with E-state index >= 15 is 0 Å². The molecule has 18 heavy (non-hydrogen) atoms. The summed E-state index contributed by atoms with van der Waals surface area (Å²) in [6.45, 7) is 7.66. The SMILES string of the molecule is CCc1cc(C(C)(C)CNCC#N)ccc1OC. The maximum atomic E-state index is 8.56. The smallest absolute Gasteiger partial charge is 0.122 e. The van der Waals surface area contributed by atoms with Crippen molar-refractivity contribution in [3.63, 3.8) is 0 Å². The maximum Gasteiger partial charge on any atom is 0.122 e. The second-order valence-electron chi connectivity index (χ2n) is 5.03. The van der Waals surface area contributed by atoms with Crippen molar-refractivity contribution in [1.82, 2.24) is 5.32 Å². The second-order valence-corrected chi connectivity index (χ2v) is 5.03. The maximum absolute atomic E-state index is 8.56. The Hall–Kier alpha value is -1.53. The Kier molecular flexibility index (Phi) is 5.18. The number of ether oxygens (including phenoxy) is 1. The highest BCUT2D eigenvalue weighted by Crippen LogP contribution is 2.28. The van der Waals surface area contributed by atoms with Gasteiger partial charge in [-0.2, -0.15) is 5.26 Å². The molecule has 1 aromatic rings. The number of nitrogens with one attached hydrogen (secondary N) is 1. The lowest BCUT2D eigenvalue weighted by Gasteiger charge is -2.26. The topological polar surface area (TPSA) is 45.0 Å². The lowest BCUT2D eigenvalue weighted by Crippen LogP contribution is -2.33. The third kappa shape index (κ3) is 3.48. The summed E-state index contributed by atoms with van der Waals surface area (Å²) in [7, 11) is 1.70. The highest BCUT2D eigenvalue weighted by atomic mass is 16.5. The molecule has 0 fully saturated rings. The number of rotatable bonds is 6. The van der Waals surface area contributed by atoms with Crippen LogP contribution in [0, 0.1) is 11.3 Å². The first-order valence-corrected chi connectivity index (χ1v) is 6.30. The molecule has 0 aliphatic carbocycles. The summed E-state index contributed by atoms with van der Waals surface area (Å²) in [4.78, 5) is 0. The Labute approximate surface area is 110 Å². The van der Waals surface area contributed by atoms with E-state index in [1.54, 1.807) is 7.11 Å². The fourth-order valence-electron chi connectivity index (χ4n) is 2.01. The molecule has 3 nitrogen and oxygen atoms in total. The fourth-order valence-corrected chi connectivity index (χ4v) is 2.01. The van der Waals surface area contributed by atoms with E-state index in [0.29, 0.717) is 6.54 Å². The Morgan fingerprint density at radius 3 is 2.67 bits per heavy atom. The van der Waals surface area contributed by atoms with E-state index in [0.717, 1.165) is 18.7 Å². The van der Waals surface area contributed by atoms with Gasteiger partial charge in [0.1, 0.15) is 5.75 Å². The van der Waals surface area contributed by atoms with Gasteiger partial charge in [-0.05, 0) is 23.6 Å². The minimum Gasteiger partial charge on any atom is -0.496 e. The molecule has 1 N–H and O–H groups in total. The first-order chi connectivity index (χ1) is 8.55. The summed E-state index contributed by atoms with van der Waals surface area (Å²) in [5, 5.41) is 11.7. The van der Waals surface area contributed by atoms with Gasteiger partial charge < -0.3 is 10.1 Å². The normalized spacial score (nSPS) is 11.1. The molecule has 0 heterocycles.